The number of aryl methyl sites for hydroxylation is 1. The van der Waals surface area contributed by atoms with Crippen molar-refractivity contribution in [2.24, 2.45) is 0 Å². The Hall–Kier alpha value is -1.88. The number of nitrogens with zero attached hydrogens (tertiary/aromatic N) is 1. The van der Waals surface area contributed by atoms with Crippen molar-refractivity contribution in [3.8, 4) is 0 Å². The van der Waals surface area contributed by atoms with E-state index in [4.69, 9.17) is 4.74 Å². The third-order valence-corrected chi connectivity index (χ3v) is 3.46. The van der Waals surface area contributed by atoms with Gasteiger partial charge >= 0.3 is 5.97 Å². The topological polar surface area (TPSA) is 66.8 Å². The summed E-state index contributed by atoms with van der Waals surface area (Å²) in [6.45, 7) is 1.87. The van der Waals surface area contributed by atoms with Crippen LogP contribution in [0.15, 0.2) is 24.3 Å². The van der Waals surface area contributed by atoms with Crippen molar-refractivity contribution in [3.05, 3.63) is 35.4 Å². The predicted molar refractivity (Wildman–Crippen MR) is 68.7 cm³/mol. The summed E-state index contributed by atoms with van der Waals surface area (Å²) >= 11 is 0. The smallest absolute Gasteiger partial charge is 0.335 e. The highest BCUT2D eigenvalue weighted by Crippen LogP contribution is 2.29. The van der Waals surface area contributed by atoms with Crippen LogP contribution in [0.4, 0.5) is 0 Å². The maximum absolute atomic E-state index is 11.7. The third kappa shape index (κ3) is 2.61. The molecule has 1 saturated heterocycles. The van der Waals surface area contributed by atoms with E-state index in [0.29, 0.717) is 0 Å². The standard InChI is InChI=1S/C14H17NO4/c1-3-9-4-6-10(7-5-9)12-13(14(17)18)19-8-11(16)15(12)2/h4-7,12-13H,3,8H2,1-2H3,(H,17,18). The molecule has 2 unspecified atom stereocenters. The number of ether oxygens (including phenoxy) is 1. The lowest BCUT2D eigenvalue weighted by atomic mass is 9.97. The summed E-state index contributed by atoms with van der Waals surface area (Å²) in [7, 11) is 1.61. The van der Waals surface area contributed by atoms with Gasteiger partial charge in [-0.05, 0) is 17.5 Å². The van der Waals surface area contributed by atoms with Crippen LogP contribution < -0.4 is 0 Å². The number of amides is 1. The first-order valence-electron chi connectivity index (χ1n) is 6.23. The van der Waals surface area contributed by atoms with Crippen molar-refractivity contribution in [2.45, 2.75) is 25.5 Å². The first-order valence-corrected chi connectivity index (χ1v) is 6.23. The second-order valence-corrected chi connectivity index (χ2v) is 4.61. The zero-order chi connectivity index (χ0) is 14.0. The van der Waals surface area contributed by atoms with Gasteiger partial charge in [0.2, 0.25) is 5.91 Å². The van der Waals surface area contributed by atoms with Crippen molar-refractivity contribution in [1.82, 2.24) is 4.90 Å². The number of aliphatic carboxylic acids is 1. The van der Waals surface area contributed by atoms with E-state index in [1.165, 1.54) is 10.5 Å². The highest BCUT2D eigenvalue weighted by atomic mass is 16.5. The number of benzene rings is 1. The zero-order valence-corrected chi connectivity index (χ0v) is 11.0. The molecular weight excluding hydrogens is 246 g/mol. The predicted octanol–water partition coefficient (Wildman–Crippen LogP) is 1.23. The minimum atomic E-state index is -1.05. The lowest BCUT2D eigenvalue weighted by molar-refractivity contribution is -0.171. The van der Waals surface area contributed by atoms with E-state index in [1.54, 1.807) is 7.05 Å². The van der Waals surface area contributed by atoms with E-state index < -0.39 is 18.1 Å². The molecule has 0 radical (unpaired) electrons. The molecule has 1 aliphatic heterocycles. The number of carboxylic acids is 1. The number of likely N-dealkylation sites (N-methyl/N-ethyl adjacent to an activating group) is 1. The summed E-state index contributed by atoms with van der Waals surface area (Å²) in [4.78, 5) is 24.4. The Bertz CT molecular complexity index is 483. The van der Waals surface area contributed by atoms with Crippen molar-refractivity contribution < 1.29 is 19.4 Å². The molecule has 1 aromatic carbocycles. The lowest BCUT2D eigenvalue weighted by Crippen LogP contribution is -2.50. The van der Waals surface area contributed by atoms with Crippen LogP contribution in [0, 0.1) is 0 Å². The van der Waals surface area contributed by atoms with Crippen LogP contribution in [-0.2, 0) is 20.7 Å². The van der Waals surface area contributed by atoms with Crippen LogP contribution in [0.25, 0.3) is 0 Å². The lowest BCUT2D eigenvalue weighted by Gasteiger charge is -2.37. The van der Waals surface area contributed by atoms with Gasteiger partial charge in [0.1, 0.15) is 6.61 Å². The maximum atomic E-state index is 11.7. The summed E-state index contributed by atoms with van der Waals surface area (Å²) in [6.07, 6.45) is -0.103. The Kier molecular flexibility index (Phi) is 3.85. The van der Waals surface area contributed by atoms with E-state index in [-0.39, 0.29) is 12.5 Å². The fourth-order valence-electron chi connectivity index (χ4n) is 2.27. The molecule has 1 amide bonds. The molecule has 0 spiro atoms. The van der Waals surface area contributed by atoms with Crippen molar-refractivity contribution in [2.75, 3.05) is 13.7 Å². The Labute approximate surface area is 111 Å². The van der Waals surface area contributed by atoms with Crippen LogP contribution in [0.5, 0.6) is 0 Å². The van der Waals surface area contributed by atoms with Crippen molar-refractivity contribution >= 4 is 11.9 Å². The van der Waals surface area contributed by atoms with Gasteiger partial charge < -0.3 is 14.7 Å². The van der Waals surface area contributed by atoms with Gasteiger partial charge in [-0.25, -0.2) is 4.79 Å². The summed E-state index contributed by atoms with van der Waals surface area (Å²) in [5, 5.41) is 9.21. The maximum Gasteiger partial charge on any atom is 0.335 e. The highest BCUT2D eigenvalue weighted by molar-refractivity contribution is 5.82. The molecule has 1 fully saturated rings. The SMILES string of the molecule is CCc1ccc(C2C(C(=O)O)OCC(=O)N2C)cc1. The van der Waals surface area contributed by atoms with Gasteiger partial charge in [0, 0.05) is 7.05 Å². The highest BCUT2D eigenvalue weighted by Gasteiger charge is 2.39. The van der Waals surface area contributed by atoms with Gasteiger partial charge in [-0.3, -0.25) is 4.79 Å². The Morgan fingerprint density at radius 3 is 2.58 bits per heavy atom. The minimum absolute atomic E-state index is 0.184. The summed E-state index contributed by atoms with van der Waals surface area (Å²) < 4.78 is 5.15. The van der Waals surface area contributed by atoms with Gasteiger partial charge in [-0.1, -0.05) is 31.2 Å². The van der Waals surface area contributed by atoms with E-state index in [0.717, 1.165) is 12.0 Å². The fourth-order valence-corrected chi connectivity index (χ4v) is 2.27. The third-order valence-electron chi connectivity index (χ3n) is 3.46. The molecule has 2 rings (SSSR count). The molecule has 102 valence electrons. The number of carbonyl (C=O) groups is 2. The van der Waals surface area contributed by atoms with Crippen LogP contribution in [0.3, 0.4) is 0 Å². The molecule has 1 heterocycles. The van der Waals surface area contributed by atoms with E-state index in [2.05, 4.69) is 6.92 Å². The number of carbonyl (C=O) groups excluding carboxylic acids is 1. The molecule has 0 bridgehead atoms. The Morgan fingerprint density at radius 1 is 1.42 bits per heavy atom. The quantitative estimate of drug-likeness (QED) is 0.890. The second kappa shape index (κ2) is 5.40. The summed E-state index contributed by atoms with van der Waals surface area (Å²) in [6, 6.07) is 7.03. The average molecular weight is 263 g/mol. The van der Waals surface area contributed by atoms with Gasteiger partial charge in [0.15, 0.2) is 6.10 Å². The van der Waals surface area contributed by atoms with Crippen LogP contribution in [0.2, 0.25) is 0 Å². The van der Waals surface area contributed by atoms with E-state index in [9.17, 15) is 14.7 Å². The first kappa shape index (κ1) is 13.5. The molecule has 0 saturated carbocycles. The monoisotopic (exact) mass is 263 g/mol. The van der Waals surface area contributed by atoms with Crippen molar-refractivity contribution in [1.29, 1.82) is 0 Å². The van der Waals surface area contributed by atoms with Gasteiger partial charge in [0.05, 0.1) is 6.04 Å². The molecular formula is C14H17NO4. The average Bonchev–Trinajstić information content (AvgIpc) is 2.41. The summed E-state index contributed by atoms with van der Waals surface area (Å²) in [5.74, 6) is -1.26. The Balaban J connectivity index is 2.34. The molecule has 5 nitrogen and oxygen atoms in total. The van der Waals surface area contributed by atoms with Gasteiger partial charge in [-0.15, -0.1) is 0 Å². The molecule has 1 aliphatic rings. The normalized spacial score (nSPS) is 23.5. The van der Waals surface area contributed by atoms with Gasteiger partial charge in [-0.2, -0.15) is 0 Å². The number of morpholine rings is 1. The number of hydrogen-bond donors (Lipinski definition) is 1. The van der Waals surface area contributed by atoms with E-state index in [1.807, 2.05) is 24.3 Å². The van der Waals surface area contributed by atoms with Crippen molar-refractivity contribution in [3.63, 3.8) is 0 Å². The van der Waals surface area contributed by atoms with Crippen LogP contribution in [0.1, 0.15) is 24.1 Å². The number of rotatable bonds is 3. The molecule has 1 N–H and O–H groups in total. The number of carboxylic acid groups (broad SMARTS) is 1. The Morgan fingerprint density at radius 2 is 2.05 bits per heavy atom. The van der Waals surface area contributed by atoms with E-state index >= 15 is 0 Å². The number of hydrogen-bond acceptors (Lipinski definition) is 3. The molecule has 5 heteroatoms. The van der Waals surface area contributed by atoms with Gasteiger partial charge in [0.25, 0.3) is 0 Å². The van der Waals surface area contributed by atoms with Crippen LogP contribution >= 0.6 is 0 Å². The molecule has 19 heavy (non-hydrogen) atoms. The summed E-state index contributed by atoms with van der Waals surface area (Å²) in [5.41, 5.74) is 1.95. The minimum Gasteiger partial charge on any atom is -0.479 e. The largest absolute Gasteiger partial charge is 0.479 e. The molecule has 1 aromatic rings. The fraction of sp³-hybridized carbons (Fsp3) is 0.429. The zero-order valence-electron chi connectivity index (χ0n) is 11.0. The molecule has 0 aromatic heterocycles. The molecule has 0 aliphatic carbocycles. The second-order valence-electron chi connectivity index (χ2n) is 4.61. The first-order chi connectivity index (χ1) is 9.04. The molecule has 2 atom stereocenters. The van der Waals surface area contributed by atoms with Crippen LogP contribution in [-0.4, -0.2) is 41.6 Å².